The van der Waals surface area contributed by atoms with E-state index in [-0.39, 0.29) is 28.0 Å². The Bertz CT molecular complexity index is 637. The van der Waals surface area contributed by atoms with Crippen LogP contribution in [0.2, 0.25) is 5.02 Å². The molecule has 8 nitrogen and oxygen atoms in total. The summed E-state index contributed by atoms with van der Waals surface area (Å²) in [6, 6.07) is 2.87. The zero-order valence-electron chi connectivity index (χ0n) is 10.7. The number of phenols is 1. The molecule has 1 aromatic rings. The number of hydrogen-bond acceptors (Lipinski definition) is 6. The molecule has 2 rings (SSSR count). The number of benzene rings is 1. The third-order valence-corrected chi connectivity index (χ3v) is 3.31. The monoisotopic (exact) mass is 375 g/mol. The predicted octanol–water partition coefficient (Wildman–Crippen LogP) is 0.421. The van der Waals surface area contributed by atoms with Crippen LogP contribution in [0.25, 0.3) is 0 Å². The Labute approximate surface area is 133 Å². The van der Waals surface area contributed by atoms with Crippen LogP contribution < -0.4 is 21.6 Å². The molecule has 0 bridgehead atoms. The van der Waals surface area contributed by atoms with Crippen molar-refractivity contribution in [2.45, 2.75) is 13.2 Å². The Morgan fingerprint density at radius 2 is 2.24 bits per heavy atom. The van der Waals surface area contributed by atoms with Crippen LogP contribution in [-0.4, -0.2) is 28.9 Å². The quantitative estimate of drug-likeness (QED) is 0.491. The van der Waals surface area contributed by atoms with E-state index in [1.165, 1.54) is 12.1 Å². The maximum atomic E-state index is 12.0. The molecule has 1 aliphatic rings. The van der Waals surface area contributed by atoms with Crippen LogP contribution in [0, 0.1) is 0 Å². The number of hydrazone groups is 1. The van der Waals surface area contributed by atoms with Crippen LogP contribution in [0.3, 0.4) is 0 Å². The summed E-state index contributed by atoms with van der Waals surface area (Å²) in [5.41, 5.74) is 7.67. The van der Waals surface area contributed by atoms with Gasteiger partial charge in [0, 0.05) is 4.47 Å². The predicted molar refractivity (Wildman–Crippen MR) is 79.6 cm³/mol. The van der Waals surface area contributed by atoms with Crippen LogP contribution in [-0.2, 0) is 4.79 Å². The summed E-state index contributed by atoms with van der Waals surface area (Å²) < 4.78 is 0.541. The first-order valence-electron chi connectivity index (χ1n) is 5.73. The number of amides is 2. The lowest BCUT2D eigenvalue weighted by Gasteiger charge is -2.23. The third kappa shape index (κ3) is 3.63. The van der Waals surface area contributed by atoms with Gasteiger partial charge in [-0.05, 0) is 19.1 Å². The Morgan fingerprint density at radius 3 is 2.90 bits per heavy atom. The summed E-state index contributed by atoms with van der Waals surface area (Å²) in [6.07, 6.45) is -0.769. The number of carbonyl (C=O) groups excluding carboxylic acids is 2. The lowest BCUT2D eigenvalue weighted by molar-refractivity contribution is -0.116. The van der Waals surface area contributed by atoms with Crippen molar-refractivity contribution < 1.29 is 14.7 Å². The van der Waals surface area contributed by atoms with E-state index in [0.717, 1.165) is 0 Å². The molecule has 0 radical (unpaired) electrons. The van der Waals surface area contributed by atoms with E-state index in [0.29, 0.717) is 4.47 Å². The van der Waals surface area contributed by atoms with Gasteiger partial charge < -0.3 is 10.4 Å². The molecule has 5 N–H and O–H groups in total. The SMILES string of the molecule is CC1=NNC(NNC(=O)c2cc(Br)cc(Cl)c2O)NC1=O. The molecule has 112 valence electrons. The first kappa shape index (κ1) is 15.5. The minimum absolute atomic E-state index is 0.0244. The molecule has 1 aromatic carbocycles. The second kappa shape index (κ2) is 6.29. The van der Waals surface area contributed by atoms with Crippen molar-refractivity contribution in [3.63, 3.8) is 0 Å². The zero-order chi connectivity index (χ0) is 15.6. The topological polar surface area (TPSA) is 115 Å². The summed E-state index contributed by atoms with van der Waals surface area (Å²) in [5, 5.41) is 16.1. The number of hydrogen-bond donors (Lipinski definition) is 5. The standard InChI is InChI=1S/C11H11BrClN5O3/c1-4-9(20)14-11(17-15-4)18-16-10(21)6-2-5(12)3-7(13)8(6)19/h2-3,11,17-19H,1H3,(H,14,20)(H,16,21). The number of hydrazine groups is 1. The summed E-state index contributed by atoms with van der Waals surface area (Å²) in [4.78, 5) is 23.3. The van der Waals surface area contributed by atoms with Crippen molar-refractivity contribution in [2.24, 2.45) is 5.10 Å². The fourth-order valence-corrected chi connectivity index (χ4v) is 2.30. The first-order valence-corrected chi connectivity index (χ1v) is 6.90. The molecule has 0 fully saturated rings. The Kier molecular flexibility index (Phi) is 4.66. The minimum Gasteiger partial charge on any atom is -0.506 e. The largest absolute Gasteiger partial charge is 0.506 e. The number of phenolic OH excluding ortho intramolecular Hbond substituents is 1. The molecule has 1 atom stereocenters. The summed E-state index contributed by atoms with van der Waals surface area (Å²) in [7, 11) is 0. The van der Waals surface area contributed by atoms with Gasteiger partial charge in [-0.3, -0.25) is 20.4 Å². The number of aromatic hydroxyl groups is 1. The molecular weight excluding hydrogens is 366 g/mol. The van der Waals surface area contributed by atoms with Gasteiger partial charge in [0.15, 0.2) is 6.29 Å². The third-order valence-electron chi connectivity index (χ3n) is 2.57. The second-order valence-corrected chi connectivity index (χ2v) is 5.44. The fraction of sp³-hybridized carbons (Fsp3) is 0.182. The highest BCUT2D eigenvalue weighted by atomic mass is 79.9. The highest BCUT2D eigenvalue weighted by Crippen LogP contribution is 2.31. The van der Waals surface area contributed by atoms with Gasteiger partial charge in [0.2, 0.25) is 0 Å². The van der Waals surface area contributed by atoms with Crippen LogP contribution in [0.15, 0.2) is 21.7 Å². The molecule has 2 amide bonds. The molecule has 0 saturated carbocycles. The van der Waals surface area contributed by atoms with Crippen molar-refractivity contribution in [1.82, 2.24) is 21.6 Å². The number of nitrogens with zero attached hydrogens (tertiary/aromatic N) is 1. The van der Waals surface area contributed by atoms with E-state index in [9.17, 15) is 14.7 Å². The summed E-state index contributed by atoms with van der Waals surface area (Å²) in [5.74, 6) is -1.33. The van der Waals surface area contributed by atoms with Crippen LogP contribution in [0.4, 0.5) is 0 Å². The molecule has 0 aliphatic carbocycles. The zero-order valence-corrected chi connectivity index (χ0v) is 13.0. The number of carbonyl (C=O) groups is 2. The van der Waals surface area contributed by atoms with Crippen molar-refractivity contribution in [2.75, 3.05) is 0 Å². The van der Waals surface area contributed by atoms with Crippen molar-refractivity contribution in [3.05, 3.63) is 27.2 Å². The first-order chi connectivity index (χ1) is 9.88. The molecule has 0 spiro atoms. The lowest BCUT2D eigenvalue weighted by Crippen LogP contribution is -2.62. The highest BCUT2D eigenvalue weighted by molar-refractivity contribution is 9.10. The van der Waals surface area contributed by atoms with Crippen molar-refractivity contribution in [3.8, 4) is 5.75 Å². The molecule has 1 heterocycles. The van der Waals surface area contributed by atoms with Crippen LogP contribution >= 0.6 is 27.5 Å². The van der Waals surface area contributed by atoms with E-state index in [2.05, 4.69) is 42.6 Å². The van der Waals surface area contributed by atoms with E-state index in [1.807, 2.05) is 0 Å². The molecule has 0 saturated heterocycles. The summed E-state index contributed by atoms with van der Waals surface area (Å²) in [6.45, 7) is 1.54. The van der Waals surface area contributed by atoms with Gasteiger partial charge in [0.25, 0.3) is 11.8 Å². The lowest BCUT2D eigenvalue weighted by atomic mass is 10.2. The Morgan fingerprint density at radius 1 is 1.52 bits per heavy atom. The average molecular weight is 377 g/mol. The van der Waals surface area contributed by atoms with Gasteiger partial charge in [-0.15, -0.1) is 0 Å². The van der Waals surface area contributed by atoms with Gasteiger partial charge in [0.1, 0.15) is 11.5 Å². The van der Waals surface area contributed by atoms with Gasteiger partial charge in [0.05, 0.1) is 10.6 Å². The van der Waals surface area contributed by atoms with Crippen molar-refractivity contribution >= 4 is 45.1 Å². The number of nitrogens with one attached hydrogen (secondary N) is 4. The van der Waals surface area contributed by atoms with E-state index in [1.54, 1.807) is 6.92 Å². The van der Waals surface area contributed by atoms with Crippen molar-refractivity contribution in [1.29, 1.82) is 0 Å². The minimum atomic E-state index is -0.769. The van der Waals surface area contributed by atoms with Gasteiger partial charge in [-0.25, -0.2) is 0 Å². The molecular formula is C11H11BrClN5O3. The smallest absolute Gasteiger partial charge is 0.269 e. The van der Waals surface area contributed by atoms with Crippen LogP contribution in [0.1, 0.15) is 17.3 Å². The molecule has 0 aromatic heterocycles. The number of halogens is 2. The summed E-state index contributed by atoms with van der Waals surface area (Å²) >= 11 is 8.95. The maximum absolute atomic E-state index is 12.0. The molecule has 1 unspecified atom stereocenters. The van der Waals surface area contributed by atoms with E-state index in [4.69, 9.17) is 11.6 Å². The maximum Gasteiger partial charge on any atom is 0.269 e. The second-order valence-electron chi connectivity index (χ2n) is 4.12. The highest BCUT2D eigenvalue weighted by Gasteiger charge is 2.20. The fourth-order valence-electron chi connectivity index (χ4n) is 1.49. The molecule has 10 heteroatoms. The van der Waals surface area contributed by atoms with Crippen LogP contribution in [0.5, 0.6) is 5.75 Å². The average Bonchev–Trinajstić information content (AvgIpc) is 2.43. The Balaban J connectivity index is 2.02. The normalized spacial score (nSPS) is 17.6. The molecule has 21 heavy (non-hydrogen) atoms. The van der Waals surface area contributed by atoms with Gasteiger partial charge >= 0.3 is 0 Å². The van der Waals surface area contributed by atoms with Gasteiger partial charge in [-0.2, -0.15) is 10.5 Å². The Hall–Kier alpha value is -1.84. The van der Waals surface area contributed by atoms with E-state index >= 15 is 0 Å². The van der Waals surface area contributed by atoms with Gasteiger partial charge in [-0.1, -0.05) is 27.5 Å². The molecule has 1 aliphatic heterocycles. The number of rotatable bonds is 3. The van der Waals surface area contributed by atoms with E-state index < -0.39 is 12.2 Å².